The predicted octanol–water partition coefficient (Wildman–Crippen LogP) is 3.02. The molecule has 0 radical (unpaired) electrons. The zero-order valence-corrected chi connectivity index (χ0v) is 14.8. The molecule has 0 fully saturated rings. The van der Waals surface area contributed by atoms with Crippen LogP contribution in [0.1, 0.15) is 21.5 Å². The highest BCUT2D eigenvalue weighted by Gasteiger charge is 2.52. The van der Waals surface area contributed by atoms with Gasteiger partial charge in [0, 0.05) is 12.7 Å². The topological polar surface area (TPSA) is 71.1 Å². The van der Waals surface area contributed by atoms with Crippen LogP contribution in [0.5, 0.6) is 5.75 Å². The van der Waals surface area contributed by atoms with Gasteiger partial charge in [0.15, 0.2) is 0 Å². The van der Waals surface area contributed by atoms with Crippen LogP contribution in [0, 0.1) is 0 Å². The summed E-state index contributed by atoms with van der Waals surface area (Å²) in [5.41, 5.74) is 1.20. The number of hydrogen-bond acceptors (Lipinski definition) is 6. The summed E-state index contributed by atoms with van der Waals surface area (Å²) in [6.07, 6.45) is 0. The van der Waals surface area contributed by atoms with E-state index in [1.54, 1.807) is 13.2 Å². The standard InChI is InChI=1S/C19H17ClO6/c1-23-9-10-24-14-7-8-15-16(11-14)19(20,26-17(15)21)18(22)25-12-13-5-3-2-4-6-13/h2-8,11H,9-10,12H2,1H3. The molecule has 0 bridgehead atoms. The average Bonchev–Trinajstić information content (AvgIpc) is 2.92. The highest BCUT2D eigenvalue weighted by molar-refractivity contribution is 6.35. The lowest BCUT2D eigenvalue weighted by atomic mass is 10.0. The minimum atomic E-state index is -2.03. The number of ether oxygens (including phenoxy) is 4. The molecule has 0 saturated heterocycles. The molecular weight excluding hydrogens is 360 g/mol. The maximum atomic E-state index is 12.5. The molecule has 3 rings (SSSR count). The van der Waals surface area contributed by atoms with Gasteiger partial charge >= 0.3 is 17.0 Å². The first-order valence-electron chi connectivity index (χ1n) is 7.94. The second-order valence-electron chi connectivity index (χ2n) is 5.60. The Morgan fingerprint density at radius 2 is 1.92 bits per heavy atom. The Bertz CT molecular complexity index is 807. The number of halogens is 1. The molecule has 1 aliphatic heterocycles. The van der Waals surface area contributed by atoms with Crippen LogP contribution in [0.15, 0.2) is 48.5 Å². The first kappa shape index (κ1) is 18.2. The van der Waals surface area contributed by atoms with Crippen molar-refractivity contribution < 1.29 is 28.5 Å². The van der Waals surface area contributed by atoms with E-state index in [-0.39, 0.29) is 17.7 Å². The molecular formula is C19H17ClO6. The van der Waals surface area contributed by atoms with Crippen molar-refractivity contribution >= 4 is 23.5 Å². The highest BCUT2D eigenvalue weighted by atomic mass is 35.5. The molecule has 0 aromatic heterocycles. The van der Waals surface area contributed by atoms with Crippen LogP contribution in [-0.4, -0.2) is 32.3 Å². The van der Waals surface area contributed by atoms with Gasteiger partial charge in [-0.15, -0.1) is 0 Å². The van der Waals surface area contributed by atoms with Crippen molar-refractivity contribution in [2.24, 2.45) is 0 Å². The van der Waals surface area contributed by atoms with Gasteiger partial charge in [-0.3, -0.25) is 0 Å². The lowest BCUT2D eigenvalue weighted by molar-refractivity contribution is -0.158. The SMILES string of the molecule is COCCOc1ccc2c(c1)C(Cl)(C(=O)OCc1ccccc1)OC2=O. The third kappa shape index (κ3) is 3.66. The van der Waals surface area contributed by atoms with Gasteiger partial charge in [0.2, 0.25) is 0 Å². The number of methoxy groups -OCH3 is 1. The lowest BCUT2D eigenvalue weighted by Crippen LogP contribution is -2.32. The molecule has 0 aliphatic carbocycles. The van der Waals surface area contributed by atoms with Crippen LogP contribution in [0.3, 0.4) is 0 Å². The Morgan fingerprint density at radius 1 is 1.15 bits per heavy atom. The van der Waals surface area contributed by atoms with Crippen LogP contribution in [0.2, 0.25) is 0 Å². The van der Waals surface area contributed by atoms with Gasteiger partial charge in [0.1, 0.15) is 19.0 Å². The number of fused-ring (bicyclic) bond motifs is 1. The first-order valence-corrected chi connectivity index (χ1v) is 8.32. The van der Waals surface area contributed by atoms with Crippen molar-refractivity contribution in [3.8, 4) is 5.75 Å². The second-order valence-corrected chi connectivity index (χ2v) is 6.13. The zero-order valence-electron chi connectivity index (χ0n) is 14.1. The normalized spacial score (nSPS) is 18.2. The van der Waals surface area contributed by atoms with Gasteiger partial charge in [-0.25, -0.2) is 9.59 Å². The number of esters is 2. The van der Waals surface area contributed by atoms with Gasteiger partial charge < -0.3 is 18.9 Å². The average molecular weight is 377 g/mol. The van der Waals surface area contributed by atoms with Crippen molar-refractivity contribution in [2.45, 2.75) is 11.7 Å². The summed E-state index contributed by atoms with van der Waals surface area (Å²) in [5.74, 6) is -1.10. The summed E-state index contributed by atoms with van der Waals surface area (Å²) in [5, 5.41) is -2.03. The molecule has 0 saturated carbocycles. The van der Waals surface area contributed by atoms with Crippen molar-refractivity contribution in [1.29, 1.82) is 0 Å². The Kier molecular flexibility index (Phi) is 5.44. The summed E-state index contributed by atoms with van der Waals surface area (Å²) in [6, 6.07) is 13.8. The fourth-order valence-electron chi connectivity index (χ4n) is 2.51. The fourth-order valence-corrected chi connectivity index (χ4v) is 2.79. The molecule has 2 aromatic carbocycles. The summed E-state index contributed by atoms with van der Waals surface area (Å²) in [4.78, 5) is 24.6. The third-order valence-corrected chi connectivity index (χ3v) is 4.26. The van der Waals surface area contributed by atoms with E-state index in [9.17, 15) is 9.59 Å². The van der Waals surface area contributed by atoms with E-state index >= 15 is 0 Å². The molecule has 1 heterocycles. The number of alkyl halides is 1. The number of carbonyl (C=O) groups excluding carboxylic acids is 2. The largest absolute Gasteiger partial charge is 0.491 e. The van der Waals surface area contributed by atoms with E-state index in [2.05, 4.69) is 0 Å². The van der Waals surface area contributed by atoms with Gasteiger partial charge in [-0.05, 0) is 23.8 Å². The molecule has 0 spiro atoms. The zero-order chi connectivity index (χ0) is 18.6. The number of benzene rings is 2. The second kappa shape index (κ2) is 7.76. The maximum absolute atomic E-state index is 12.5. The molecule has 1 atom stereocenters. The van der Waals surface area contributed by atoms with E-state index in [0.29, 0.717) is 19.0 Å². The first-order chi connectivity index (χ1) is 12.5. The van der Waals surface area contributed by atoms with Crippen molar-refractivity contribution in [1.82, 2.24) is 0 Å². The monoisotopic (exact) mass is 376 g/mol. The molecule has 1 aliphatic rings. The number of cyclic esters (lactones) is 1. The molecule has 6 nitrogen and oxygen atoms in total. The lowest BCUT2D eigenvalue weighted by Gasteiger charge is -2.19. The molecule has 7 heteroatoms. The van der Waals surface area contributed by atoms with E-state index in [1.807, 2.05) is 30.3 Å². The quantitative estimate of drug-likeness (QED) is 0.420. The van der Waals surface area contributed by atoms with E-state index in [1.165, 1.54) is 12.1 Å². The van der Waals surface area contributed by atoms with Crippen LogP contribution in [0.25, 0.3) is 0 Å². The molecule has 1 unspecified atom stereocenters. The van der Waals surface area contributed by atoms with Crippen molar-refractivity contribution in [2.75, 3.05) is 20.3 Å². The van der Waals surface area contributed by atoms with Crippen molar-refractivity contribution in [3.05, 3.63) is 65.2 Å². The summed E-state index contributed by atoms with van der Waals surface area (Å²) in [6.45, 7) is 0.737. The van der Waals surface area contributed by atoms with E-state index < -0.39 is 17.0 Å². The van der Waals surface area contributed by atoms with Crippen LogP contribution in [0.4, 0.5) is 0 Å². The molecule has 0 amide bonds. The van der Waals surface area contributed by atoms with Crippen LogP contribution < -0.4 is 4.74 Å². The van der Waals surface area contributed by atoms with Gasteiger partial charge in [-0.2, -0.15) is 0 Å². The molecule has 26 heavy (non-hydrogen) atoms. The number of carbonyl (C=O) groups is 2. The van der Waals surface area contributed by atoms with Gasteiger partial charge in [-0.1, -0.05) is 41.9 Å². The minimum absolute atomic E-state index is 0.0189. The Labute approximate surface area is 155 Å². The summed E-state index contributed by atoms with van der Waals surface area (Å²) in [7, 11) is 1.56. The molecule has 2 aromatic rings. The smallest absolute Gasteiger partial charge is 0.372 e. The molecule has 136 valence electrons. The number of rotatable bonds is 7. The minimum Gasteiger partial charge on any atom is -0.491 e. The van der Waals surface area contributed by atoms with Crippen LogP contribution in [-0.2, 0) is 30.7 Å². The van der Waals surface area contributed by atoms with Crippen molar-refractivity contribution in [3.63, 3.8) is 0 Å². The highest BCUT2D eigenvalue weighted by Crippen LogP contribution is 2.42. The maximum Gasteiger partial charge on any atom is 0.372 e. The predicted molar refractivity (Wildman–Crippen MR) is 93.0 cm³/mol. The van der Waals surface area contributed by atoms with Crippen LogP contribution >= 0.6 is 11.6 Å². The van der Waals surface area contributed by atoms with E-state index in [0.717, 1.165) is 5.56 Å². The van der Waals surface area contributed by atoms with E-state index in [4.69, 9.17) is 30.5 Å². The Balaban J connectivity index is 1.78. The van der Waals surface area contributed by atoms with Gasteiger partial charge in [0.25, 0.3) is 0 Å². The van der Waals surface area contributed by atoms with Gasteiger partial charge in [0.05, 0.1) is 12.2 Å². The molecule has 0 N–H and O–H groups in total. The Morgan fingerprint density at radius 3 is 2.65 bits per heavy atom. The third-order valence-electron chi connectivity index (χ3n) is 3.82. The number of hydrogen-bond donors (Lipinski definition) is 0. The summed E-state index contributed by atoms with van der Waals surface area (Å²) < 4.78 is 20.8. The Hall–Kier alpha value is -2.57. The fraction of sp³-hybridized carbons (Fsp3) is 0.263. The summed E-state index contributed by atoms with van der Waals surface area (Å²) >= 11 is 6.35.